The molecule has 0 radical (unpaired) electrons. The second-order valence-corrected chi connectivity index (χ2v) is 2.05. The fraction of sp³-hybridized carbons (Fsp3) is 0. The highest BCUT2D eigenvalue weighted by atomic mass is 14.8. The summed E-state index contributed by atoms with van der Waals surface area (Å²) < 4.78 is 0. The summed E-state index contributed by atoms with van der Waals surface area (Å²) in [6.07, 6.45) is 0. The molecule has 0 aromatic heterocycles. The summed E-state index contributed by atoms with van der Waals surface area (Å²) in [5.41, 5.74) is 0.767. The molecule has 0 atom stereocenters. The Bertz CT molecular complexity index is 428. The van der Waals surface area contributed by atoms with Gasteiger partial charge in [0.1, 0.15) is 12.1 Å². The lowest BCUT2D eigenvalue weighted by molar-refractivity contribution is 1.41. The third-order valence-electron chi connectivity index (χ3n) is 1.36. The molecule has 1 rings (SSSR count). The molecule has 1 aromatic rings. The van der Waals surface area contributed by atoms with Crippen molar-refractivity contribution < 1.29 is 0 Å². The Kier molecular flexibility index (Phi) is 2.02. The van der Waals surface area contributed by atoms with E-state index in [2.05, 4.69) is 4.98 Å². The first-order valence-electron chi connectivity index (χ1n) is 3.11. The van der Waals surface area contributed by atoms with E-state index in [0.717, 1.165) is 0 Å². The Hall–Kier alpha value is -2.38. The van der Waals surface area contributed by atoms with E-state index in [1.54, 1.807) is 0 Å². The largest absolute Gasteiger partial charge is 0.386 e. The van der Waals surface area contributed by atoms with Crippen molar-refractivity contribution in [1.29, 1.82) is 15.9 Å². The first kappa shape index (κ1) is 7.72. The van der Waals surface area contributed by atoms with Gasteiger partial charge in [-0.1, -0.05) is 0 Å². The highest BCUT2D eigenvalue weighted by Gasteiger charge is 2.08. The average Bonchev–Trinajstić information content (AvgIpc) is 2.16. The third-order valence-corrected chi connectivity index (χ3v) is 1.36. The lowest BCUT2D eigenvalue weighted by Crippen LogP contribution is -1.80. The predicted molar refractivity (Wildman–Crippen MR) is 40.6 cm³/mol. The summed E-state index contributed by atoms with van der Waals surface area (Å²) in [4.78, 5) is 2.89. The molecule has 0 aliphatic carbocycles. The molecule has 0 aliphatic heterocycles. The van der Waals surface area contributed by atoms with E-state index in [-0.39, 0.29) is 16.8 Å². The van der Waals surface area contributed by atoms with E-state index in [1.807, 2.05) is 12.1 Å². The molecule has 0 amide bonds. The molecule has 0 N–H and O–H groups in total. The van der Waals surface area contributed by atoms with Gasteiger partial charge in [0.15, 0.2) is 4.98 Å². The van der Waals surface area contributed by atoms with E-state index in [4.69, 9.17) is 15.9 Å². The van der Waals surface area contributed by atoms with Gasteiger partial charge in [-0.3, -0.25) is 0 Å². The van der Waals surface area contributed by atoms with Gasteiger partial charge in [0, 0.05) is 6.07 Å². The van der Waals surface area contributed by atoms with Crippen molar-refractivity contribution in [1.82, 2.24) is 0 Å². The molecule has 0 bridgehead atoms. The molecule has 0 aliphatic rings. The zero-order valence-corrected chi connectivity index (χ0v) is 6.02. The van der Waals surface area contributed by atoms with Crippen LogP contribution in [0.4, 0.5) is 5.69 Å². The maximum Gasteiger partial charge on any atom is 0.386 e. The quantitative estimate of drug-likeness (QED) is 0.537. The van der Waals surface area contributed by atoms with Crippen LogP contribution in [0, 0.1) is 28.1 Å². The summed E-state index contributed by atoms with van der Waals surface area (Å²) >= 11 is 0. The summed E-state index contributed by atoms with van der Waals surface area (Å²) in [5.74, 6) is 0. The molecule has 0 heterocycles. The van der Waals surface area contributed by atoms with Crippen LogP contribution in [-0.4, -0.2) is 0 Å². The molecule has 0 saturated carbocycles. The zero-order valence-electron chi connectivity index (χ0n) is 6.02. The van der Waals surface area contributed by atoms with Gasteiger partial charge in [0.05, 0.1) is 17.2 Å². The minimum Gasteiger partial charge on any atom is -0.192 e. The highest BCUT2D eigenvalue weighted by Crippen LogP contribution is 2.16. The second-order valence-electron chi connectivity index (χ2n) is 2.05. The van der Waals surface area contributed by atoms with Gasteiger partial charge < -0.3 is 0 Å². The van der Waals surface area contributed by atoms with Crippen molar-refractivity contribution in [3.05, 3.63) is 34.3 Å². The van der Waals surface area contributed by atoms with Crippen molar-refractivity contribution in [2.24, 2.45) is 0 Å². The van der Waals surface area contributed by atoms with Crippen molar-refractivity contribution in [2.45, 2.75) is 0 Å². The minimum atomic E-state index is 0.216. The first-order chi connectivity index (χ1) is 5.81. The number of nitriles is 2. The van der Waals surface area contributed by atoms with Crippen LogP contribution >= 0.6 is 0 Å². The molecule has 54 valence electrons. The van der Waals surface area contributed by atoms with Crippen LogP contribution in [0.5, 0.6) is 0 Å². The molecule has 4 nitrogen and oxygen atoms in total. The Morgan fingerprint density at radius 3 is 2.25 bits per heavy atom. The molecular weight excluding hydrogens is 152 g/mol. The van der Waals surface area contributed by atoms with Crippen LogP contribution in [0.3, 0.4) is 0 Å². The van der Waals surface area contributed by atoms with Crippen LogP contribution in [0.2, 0.25) is 0 Å². The summed E-state index contributed by atoms with van der Waals surface area (Å²) in [7, 11) is 0. The molecule has 1 aromatic carbocycles. The Balaban J connectivity index is 3.37. The number of hydrogen-bond donors (Lipinski definition) is 0. The van der Waals surface area contributed by atoms with Crippen LogP contribution in [0.25, 0.3) is 4.98 Å². The van der Waals surface area contributed by atoms with E-state index in [0.29, 0.717) is 0 Å². The fourth-order valence-electron chi connectivity index (χ4n) is 0.784. The van der Waals surface area contributed by atoms with Crippen molar-refractivity contribution in [3.8, 4) is 12.1 Å². The monoisotopic (exact) mass is 155 g/mol. The van der Waals surface area contributed by atoms with Gasteiger partial charge in [-0.2, -0.15) is 10.5 Å². The third kappa shape index (κ3) is 1.21. The van der Waals surface area contributed by atoms with Gasteiger partial charge in [-0.15, -0.1) is 0 Å². The van der Waals surface area contributed by atoms with Gasteiger partial charge in [-0.25, -0.2) is 0 Å². The van der Waals surface area contributed by atoms with E-state index in [9.17, 15) is 0 Å². The minimum absolute atomic E-state index is 0.216. The number of nitrogens with zero attached hydrogens (tertiary/aromatic N) is 4. The van der Waals surface area contributed by atoms with E-state index < -0.39 is 0 Å². The molecule has 0 fully saturated rings. The summed E-state index contributed by atoms with van der Waals surface area (Å²) in [6, 6.07) is 7.92. The van der Waals surface area contributed by atoms with Gasteiger partial charge in [0.25, 0.3) is 0 Å². The van der Waals surface area contributed by atoms with Crippen molar-refractivity contribution in [2.75, 3.05) is 0 Å². The molecule has 0 unspecified atom stereocenters. The maximum atomic E-state index is 8.55. The van der Waals surface area contributed by atoms with Gasteiger partial charge in [0.2, 0.25) is 5.39 Å². The topological polar surface area (TPSA) is 75.7 Å². The van der Waals surface area contributed by atoms with Crippen LogP contribution in [0.1, 0.15) is 11.1 Å². The van der Waals surface area contributed by atoms with E-state index >= 15 is 0 Å². The molecule has 12 heavy (non-hydrogen) atoms. The van der Waals surface area contributed by atoms with Crippen LogP contribution < -0.4 is 0 Å². The Labute approximate surface area is 68.9 Å². The smallest absolute Gasteiger partial charge is 0.192 e. The molecular formula is C8H3N4+. The van der Waals surface area contributed by atoms with Gasteiger partial charge in [-0.05, 0) is 6.07 Å². The Morgan fingerprint density at radius 1 is 1.08 bits per heavy atom. The molecule has 0 spiro atoms. The number of benzene rings is 1. The summed E-state index contributed by atoms with van der Waals surface area (Å²) in [5, 5.41) is 25.4. The maximum absolute atomic E-state index is 8.55. The summed E-state index contributed by atoms with van der Waals surface area (Å²) in [6.45, 7) is 0. The van der Waals surface area contributed by atoms with E-state index in [1.165, 1.54) is 18.2 Å². The lowest BCUT2D eigenvalue weighted by Gasteiger charge is -1.86. The van der Waals surface area contributed by atoms with Gasteiger partial charge >= 0.3 is 5.69 Å². The standard InChI is InChI=1S/C8H3N4/c9-4-6-1-2-8(12-11)3-7(6)5-10/h1-3H/q+1. The molecule has 0 saturated heterocycles. The van der Waals surface area contributed by atoms with Crippen molar-refractivity contribution >= 4 is 5.69 Å². The highest BCUT2D eigenvalue weighted by molar-refractivity contribution is 5.56. The zero-order chi connectivity index (χ0) is 8.97. The number of rotatable bonds is 0. The SMILES string of the molecule is N#Cc1ccc([N+]#N)cc1C#N. The first-order valence-corrected chi connectivity index (χ1v) is 3.11. The second kappa shape index (κ2) is 3.14. The molecule has 4 heteroatoms. The normalized spacial score (nSPS) is 7.75. The average molecular weight is 155 g/mol. The van der Waals surface area contributed by atoms with Crippen LogP contribution in [-0.2, 0) is 0 Å². The number of hydrogen-bond acceptors (Lipinski definition) is 3. The Morgan fingerprint density at radius 2 is 1.75 bits per heavy atom. The van der Waals surface area contributed by atoms with Crippen LogP contribution in [0.15, 0.2) is 18.2 Å². The fourth-order valence-corrected chi connectivity index (χ4v) is 0.784. The predicted octanol–water partition coefficient (Wildman–Crippen LogP) is 1.91. The van der Waals surface area contributed by atoms with Crippen molar-refractivity contribution in [3.63, 3.8) is 0 Å². The number of diazo groups is 1. The lowest BCUT2D eigenvalue weighted by atomic mass is 10.1.